The van der Waals surface area contributed by atoms with E-state index in [1.54, 1.807) is 0 Å². The maximum absolute atomic E-state index is 6.07. The van der Waals surface area contributed by atoms with Crippen molar-refractivity contribution in [3.63, 3.8) is 0 Å². The van der Waals surface area contributed by atoms with Gasteiger partial charge in [-0.1, -0.05) is 41.4 Å². The van der Waals surface area contributed by atoms with E-state index in [0.717, 1.165) is 22.0 Å². The van der Waals surface area contributed by atoms with Crippen molar-refractivity contribution in [3.05, 3.63) is 58.1 Å². The predicted molar refractivity (Wildman–Crippen MR) is 70.9 cm³/mol. The number of benzene rings is 2. The van der Waals surface area contributed by atoms with Crippen molar-refractivity contribution in [2.45, 2.75) is 6.92 Å². The topological polar surface area (TPSA) is 12.0 Å². The standard InChI is InChI=1S/C13H11Cl2N/c1-9-10(14)6-4-8-12(9)16-13-7-3-2-5-11(13)15/h2-8,16H,1H3. The maximum Gasteiger partial charge on any atom is 0.0640 e. The molecule has 0 bridgehead atoms. The molecule has 2 aromatic rings. The van der Waals surface area contributed by atoms with Crippen LogP contribution in [0.2, 0.25) is 10.0 Å². The summed E-state index contributed by atoms with van der Waals surface area (Å²) >= 11 is 12.1. The molecule has 0 aromatic heterocycles. The maximum atomic E-state index is 6.07. The number of para-hydroxylation sites is 1. The second-order valence-electron chi connectivity index (χ2n) is 3.52. The highest BCUT2D eigenvalue weighted by atomic mass is 35.5. The summed E-state index contributed by atoms with van der Waals surface area (Å²) in [5.41, 5.74) is 2.87. The Hall–Kier alpha value is -1.18. The monoisotopic (exact) mass is 251 g/mol. The SMILES string of the molecule is Cc1c(Cl)cccc1Nc1ccccc1Cl. The van der Waals surface area contributed by atoms with Crippen LogP contribution in [0.1, 0.15) is 5.56 Å². The molecule has 2 aromatic carbocycles. The third-order valence-corrected chi connectivity index (χ3v) is 3.15. The molecule has 0 spiro atoms. The zero-order chi connectivity index (χ0) is 11.5. The van der Waals surface area contributed by atoms with Crippen LogP contribution in [-0.4, -0.2) is 0 Å². The fraction of sp³-hybridized carbons (Fsp3) is 0.0769. The summed E-state index contributed by atoms with van der Waals surface area (Å²) in [4.78, 5) is 0. The lowest BCUT2D eigenvalue weighted by Crippen LogP contribution is -1.93. The van der Waals surface area contributed by atoms with E-state index in [1.807, 2.05) is 49.4 Å². The lowest BCUT2D eigenvalue weighted by Gasteiger charge is -2.11. The second kappa shape index (κ2) is 4.77. The van der Waals surface area contributed by atoms with Gasteiger partial charge >= 0.3 is 0 Å². The largest absolute Gasteiger partial charge is 0.354 e. The number of halogens is 2. The van der Waals surface area contributed by atoms with Crippen LogP contribution in [0.5, 0.6) is 0 Å². The number of anilines is 2. The molecule has 1 N–H and O–H groups in total. The first kappa shape index (κ1) is 11.3. The van der Waals surface area contributed by atoms with Gasteiger partial charge in [0.1, 0.15) is 0 Å². The highest BCUT2D eigenvalue weighted by Gasteiger charge is 2.04. The second-order valence-corrected chi connectivity index (χ2v) is 4.33. The first-order valence-electron chi connectivity index (χ1n) is 4.95. The third-order valence-electron chi connectivity index (χ3n) is 2.41. The van der Waals surface area contributed by atoms with Crippen LogP contribution in [0.15, 0.2) is 42.5 Å². The lowest BCUT2D eigenvalue weighted by atomic mass is 10.2. The average molecular weight is 252 g/mol. The Morgan fingerprint density at radius 2 is 1.44 bits per heavy atom. The molecule has 3 heteroatoms. The zero-order valence-electron chi connectivity index (χ0n) is 8.80. The van der Waals surface area contributed by atoms with Crippen molar-refractivity contribution in [2.24, 2.45) is 0 Å². The fourth-order valence-electron chi connectivity index (χ4n) is 1.45. The van der Waals surface area contributed by atoms with Gasteiger partial charge in [0.15, 0.2) is 0 Å². The molecule has 0 unspecified atom stereocenters. The van der Waals surface area contributed by atoms with Crippen LogP contribution in [0.3, 0.4) is 0 Å². The Morgan fingerprint density at radius 1 is 0.812 bits per heavy atom. The summed E-state index contributed by atoms with van der Waals surface area (Å²) in [6.07, 6.45) is 0. The summed E-state index contributed by atoms with van der Waals surface area (Å²) < 4.78 is 0. The minimum Gasteiger partial charge on any atom is -0.354 e. The number of hydrogen-bond acceptors (Lipinski definition) is 1. The van der Waals surface area contributed by atoms with Gasteiger partial charge in [0, 0.05) is 10.7 Å². The molecule has 0 radical (unpaired) electrons. The van der Waals surface area contributed by atoms with Gasteiger partial charge in [-0.25, -0.2) is 0 Å². The zero-order valence-corrected chi connectivity index (χ0v) is 10.3. The van der Waals surface area contributed by atoms with E-state index in [1.165, 1.54) is 0 Å². The molecule has 0 aliphatic heterocycles. The number of rotatable bonds is 2. The van der Waals surface area contributed by atoms with Gasteiger partial charge in [0.2, 0.25) is 0 Å². The first-order chi connectivity index (χ1) is 7.68. The Balaban J connectivity index is 2.35. The van der Waals surface area contributed by atoms with Crippen LogP contribution in [0, 0.1) is 6.92 Å². The number of hydrogen-bond donors (Lipinski definition) is 1. The van der Waals surface area contributed by atoms with Gasteiger partial charge in [0.05, 0.1) is 10.7 Å². The van der Waals surface area contributed by atoms with Crippen LogP contribution in [0.4, 0.5) is 11.4 Å². The summed E-state index contributed by atoms with van der Waals surface area (Å²) in [7, 11) is 0. The summed E-state index contributed by atoms with van der Waals surface area (Å²) in [5.74, 6) is 0. The van der Waals surface area contributed by atoms with Gasteiger partial charge in [-0.3, -0.25) is 0 Å². The van der Waals surface area contributed by atoms with E-state index in [0.29, 0.717) is 5.02 Å². The van der Waals surface area contributed by atoms with Crippen molar-refractivity contribution in [1.29, 1.82) is 0 Å². The van der Waals surface area contributed by atoms with Crippen molar-refractivity contribution in [2.75, 3.05) is 5.32 Å². The van der Waals surface area contributed by atoms with Gasteiger partial charge in [0.25, 0.3) is 0 Å². The normalized spacial score (nSPS) is 10.2. The van der Waals surface area contributed by atoms with Crippen molar-refractivity contribution in [1.82, 2.24) is 0 Å². The molecule has 0 heterocycles. The van der Waals surface area contributed by atoms with E-state index in [2.05, 4.69) is 5.32 Å². The molecule has 0 fully saturated rings. The molecule has 0 saturated heterocycles. The van der Waals surface area contributed by atoms with Crippen LogP contribution < -0.4 is 5.32 Å². The highest BCUT2D eigenvalue weighted by Crippen LogP contribution is 2.29. The Kier molecular flexibility index (Phi) is 3.37. The molecule has 0 aliphatic rings. The molecule has 0 aliphatic carbocycles. The Morgan fingerprint density at radius 3 is 2.19 bits per heavy atom. The highest BCUT2D eigenvalue weighted by molar-refractivity contribution is 6.33. The molecule has 2 rings (SSSR count). The van der Waals surface area contributed by atoms with Crippen LogP contribution >= 0.6 is 23.2 Å². The smallest absolute Gasteiger partial charge is 0.0640 e. The van der Waals surface area contributed by atoms with E-state index < -0.39 is 0 Å². The quantitative estimate of drug-likeness (QED) is 0.788. The van der Waals surface area contributed by atoms with Crippen LogP contribution in [0.25, 0.3) is 0 Å². The molecule has 16 heavy (non-hydrogen) atoms. The molecule has 0 amide bonds. The third kappa shape index (κ3) is 2.31. The molecule has 0 saturated carbocycles. The van der Waals surface area contributed by atoms with E-state index in [-0.39, 0.29) is 0 Å². The molecular formula is C13H11Cl2N. The van der Waals surface area contributed by atoms with Gasteiger partial charge < -0.3 is 5.32 Å². The first-order valence-corrected chi connectivity index (χ1v) is 5.71. The minimum absolute atomic E-state index is 0.696. The van der Waals surface area contributed by atoms with Crippen molar-refractivity contribution < 1.29 is 0 Å². The summed E-state index contributed by atoms with van der Waals surface area (Å²) in [6, 6.07) is 13.4. The average Bonchev–Trinajstić information content (AvgIpc) is 2.28. The van der Waals surface area contributed by atoms with Crippen LogP contribution in [-0.2, 0) is 0 Å². The van der Waals surface area contributed by atoms with Crippen molar-refractivity contribution in [3.8, 4) is 0 Å². The Labute approximate surface area is 105 Å². The summed E-state index contributed by atoms with van der Waals surface area (Å²) in [6.45, 7) is 1.97. The van der Waals surface area contributed by atoms with E-state index >= 15 is 0 Å². The molecule has 1 nitrogen and oxygen atoms in total. The molecule has 0 atom stereocenters. The summed E-state index contributed by atoms with van der Waals surface area (Å²) in [5, 5.41) is 4.71. The molecular weight excluding hydrogens is 241 g/mol. The van der Waals surface area contributed by atoms with Gasteiger partial charge in [-0.05, 0) is 36.8 Å². The lowest BCUT2D eigenvalue weighted by molar-refractivity contribution is 1.43. The Bertz CT molecular complexity index is 509. The van der Waals surface area contributed by atoms with E-state index in [4.69, 9.17) is 23.2 Å². The fourth-order valence-corrected chi connectivity index (χ4v) is 1.81. The predicted octanol–water partition coefficient (Wildman–Crippen LogP) is 5.05. The van der Waals surface area contributed by atoms with Gasteiger partial charge in [-0.2, -0.15) is 0 Å². The number of nitrogens with one attached hydrogen (secondary N) is 1. The molecule has 82 valence electrons. The van der Waals surface area contributed by atoms with Gasteiger partial charge in [-0.15, -0.1) is 0 Å². The minimum atomic E-state index is 0.696. The van der Waals surface area contributed by atoms with Crippen molar-refractivity contribution >= 4 is 34.6 Å². The van der Waals surface area contributed by atoms with E-state index in [9.17, 15) is 0 Å².